The fraction of sp³-hybridized carbons (Fsp3) is 0.667. The quantitative estimate of drug-likeness (QED) is 0.0272. The topological polar surface area (TPSA) is 108 Å². The number of aliphatic hydroxyl groups excluding tert-OH is 1. The van der Waals surface area contributed by atoms with Crippen molar-refractivity contribution in [3.63, 3.8) is 0 Å². The number of phosphoric ester groups is 1. The van der Waals surface area contributed by atoms with Crippen LogP contribution in [0.2, 0.25) is 0 Å². The molecular weight excluding hydrogens is 912 g/mol. The number of nitrogens with one attached hydrogen (secondary N) is 1. The Morgan fingerprint density at radius 1 is 0.500 bits per heavy atom. The molecule has 0 spiro atoms. The number of amides is 1. The van der Waals surface area contributed by atoms with Gasteiger partial charge in [-0.05, 0) is 103 Å². The van der Waals surface area contributed by atoms with E-state index >= 15 is 0 Å². The highest BCUT2D eigenvalue weighted by Crippen LogP contribution is 2.38. The predicted molar refractivity (Wildman–Crippen MR) is 311 cm³/mol. The molecule has 0 fully saturated rings. The van der Waals surface area contributed by atoms with E-state index in [9.17, 15) is 19.4 Å². The van der Waals surface area contributed by atoms with Crippen LogP contribution in [0.1, 0.15) is 219 Å². The molecule has 0 aromatic heterocycles. The molecule has 0 heterocycles. The van der Waals surface area contributed by atoms with Gasteiger partial charge in [-0.25, -0.2) is 0 Å². The van der Waals surface area contributed by atoms with Crippen LogP contribution in [-0.2, 0) is 18.4 Å². The standard InChI is InChI=1S/C63H109N2O6P/c1-6-8-10-12-14-16-18-20-22-24-26-28-29-30-31-32-33-34-35-37-39-41-43-45-47-49-51-53-55-57-63(67)64-61(60-71-72(68,69)70-59-58-65(3,4)5)62(66)56-54-52-50-48-46-44-42-40-38-36-27-25-23-21-19-17-15-13-11-9-7-2/h8,10,14,16,20,22,26,28,30-31,33-34,37-40,46,48,54,56,61-62,66H,6-7,9,11-13,15,17-19,21,23-25,27,29,32,35-36,41-45,47,49-53,55,57-60H2,1-5H3,(H-,64,67,68,69)/b10-8-,16-14-,22-20-,28-26-,31-30-,34-33-,39-37-,40-38+,48-46+,56-54+. The Morgan fingerprint density at radius 2 is 0.861 bits per heavy atom. The molecule has 9 heteroatoms. The molecule has 72 heavy (non-hydrogen) atoms. The van der Waals surface area contributed by atoms with Crippen molar-refractivity contribution in [2.24, 2.45) is 0 Å². The summed E-state index contributed by atoms with van der Waals surface area (Å²) in [4.78, 5) is 25.5. The van der Waals surface area contributed by atoms with E-state index in [0.717, 1.165) is 103 Å². The van der Waals surface area contributed by atoms with Gasteiger partial charge in [0.2, 0.25) is 5.91 Å². The molecule has 0 radical (unpaired) electrons. The minimum absolute atomic E-state index is 0.0181. The predicted octanol–water partition coefficient (Wildman–Crippen LogP) is 17.1. The molecule has 0 aromatic carbocycles. The number of unbranched alkanes of at least 4 members (excludes halogenated alkanes) is 20. The summed E-state index contributed by atoms with van der Waals surface area (Å²) >= 11 is 0. The summed E-state index contributed by atoms with van der Waals surface area (Å²) < 4.78 is 23.3. The average Bonchev–Trinajstić information content (AvgIpc) is 3.34. The normalized spacial score (nSPS) is 14.8. The van der Waals surface area contributed by atoms with E-state index in [-0.39, 0.29) is 12.5 Å². The third-order valence-corrected chi connectivity index (χ3v) is 13.1. The Morgan fingerprint density at radius 3 is 1.29 bits per heavy atom. The fourth-order valence-corrected chi connectivity index (χ4v) is 8.36. The number of nitrogens with zero attached hydrogens (tertiary/aromatic N) is 1. The van der Waals surface area contributed by atoms with Crippen LogP contribution in [0.25, 0.3) is 0 Å². The van der Waals surface area contributed by atoms with Gasteiger partial charge in [-0.3, -0.25) is 9.36 Å². The first-order valence-electron chi connectivity index (χ1n) is 28.9. The Bertz CT molecular complexity index is 1580. The molecule has 0 saturated heterocycles. The molecule has 1 amide bonds. The van der Waals surface area contributed by atoms with Crippen LogP contribution in [-0.4, -0.2) is 68.5 Å². The van der Waals surface area contributed by atoms with E-state index < -0.39 is 26.6 Å². The molecule has 0 rings (SSSR count). The van der Waals surface area contributed by atoms with Crippen molar-refractivity contribution in [3.05, 3.63) is 122 Å². The maximum absolute atomic E-state index is 13.0. The first-order chi connectivity index (χ1) is 35.0. The highest BCUT2D eigenvalue weighted by molar-refractivity contribution is 7.45. The lowest BCUT2D eigenvalue weighted by molar-refractivity contribution is -0.870. The zero-order chi connectivity index (χ0) is 52.7. The van der Waals surface area contributed by atoms with Crippen molar-refractivity contribution < 1.29 is 32.9 Å². The van der Waals surface area contributed by atoms with Crippen LogP contribution < -0.4 is 10.2 Å². The Hall–Kier alpha value is -3.10. The summed E-state index contributed by atoms with van der Waals surface area (Å²) in [5, 5.41) is 13.9. The molecule has 0 aliphatic heterocycles. The summed E-state index contributed by atoms with van der Waals surface area (Å²) in [5.74, 6) is -0.227. The molecule has 2 N–H and O–H groups in total. The van der Waals surface area contributed by atoms with Crippen molar-refractivity contribution in [1.29, 1.82) is 0 Å². The number of allylic oxidation sites excluding steroid dienone is 19. The second kappa shape index (κ2) is 52.8. The average molecular weight is 1020 g/mol. The van der Waals surface area contributed by atoms with E-state index in [1.165, 1.54) is 96.3 Å². The zero-order valence-corrected chi connectivity index (χ0v) is 47.7. The van der Waals surface area contributed by atoms with Crippen LogP contribution in [0.3, 0.4) is 0 Å². The number of carbonyl (C=O) groups is 1. The molecule has 0 aliphatic rings. The molecular formula is C63H109N2O6P. The van der Waals surface area contributed by atoms with Gasteiger partial charge in [-0.15, -0.1) is 0 Å². The smallest absolute Gasteiger partial charge is 0.268 e. The van der Waals surface area contributed by atoms with Gasteiger partial charge in [0.1, 0.15) is 13.2 Å². The van der Waals surface area contributed by atoms with Gasteiger partial charge in [0.25, 0.3) is 7.82 Å². The fourth-order valence-electron chi connectivity index (χ4n) is 7.63. The molecule has 3 atom stereocenters. The van der Waals surface area contributed by atoms with Crippen molar-refractivity contribution in [2.45, 2.75) is 231 Å². The number of rotatable bonds is 51. The second-order valence-corrected chi connectivity index (χ2v) is 21.7. The summed E-state index contributed by atoms with van der Waals surface area (Å²) in [7, 11) is 1.21. The number of quaternary nitrogens is 1. The van der Waals surface area contributed by atoms with Gasteiger partial charge in [0.15, 0.2) is 0 Å². The largest absolute Gasteiger partial charge is 0.756 e. The number of hydrogen-bond acceptors (Lipinski definition) is 6. The van der Waals surface area contributed by atoms with Crippen LogP contribution in [0.4, 0.5) is 0 Å². The van der Waals surface area contributed by atoms with Crippen molar-refractivity contribution in [2.75, 3.05) is 40.9 Å². The van der Waals surface area contributed by atoms with Crippen LogP contribution in [0, 0.1) is 0 Å². The van der Waals surface area contributed by atoms with Crippen LogP contribution in [0.5, 0.6) is 0 Å². The minimum Gasteiger partial charge on any atom is -0.756 e. The summed E-state index contributed by atoms with van der Waals surface area (Å²) in [6, 6.07) is -0.926. The van der Waals surface area contributed by atoms with E-state index in [4.69, 9.17) is 9.05 Å². The van der Waals surface area contributed by atoms with Gasteiger partial charge < -0.3 is 28.8 Å². The van der Waals surface area contributed by atoms with Gasteiger partial charge >= 0.3 is 0 Å². The lowest BCUT2D eigenvalue weighted by Gasteiger charge is -2.29. The monoisotopic (exact) mass is 1020 g/mol. The summed E-state index contributed by atoms with van der Waals surface area (Å²) in [6.45, 7) is 4.49. The Kier molecular flexibility index (Phi) is 50.5. The van der Waals surface area contributed by atoms with Gasteiger partial charge in [-0.2, -0.15) is 0 Å². The summed E-state index contributed by atoms with van der Waals surface area (Å²) in [5.41, 5.74) is 0. The van der Waals surface area contributed by atoms with E-state index in [0.29, 0.717) is 17.4 Å². The lowest BCUT2D eigenvalue weighted by atomic mass is 10.1. The van der Waals surface area contributed by atoms with Gasteiger partial charge in [0, 0.05) is 6.42 Å². The van der Waals surface area contributed by atoms with Crippen LogP contribution >= 0.6 is 7.82 Å². The molecule has 0 saturated carbocycles. The maximum atomic E-state index is 13.0. The van der Waals surface area contributed by atoms with E-state index in [1.807, 2.05) is 27.2 Å². The zero-order valence-electron chi connectivity index (χ0n) is 46.8. The molecule has 412 valence electrons. The third kappa shape index (κ3) is 54.7. The van der Waals surface area contributed by atoms with Gasteiger partial charge in [-0.1, -0.05) is 232 Å². The van der Waals surface area contributed by atoms with E-state index in [1.54, 1.807) is 6.08 Å². The van der Waals surface area contributed by atoms with Crippen molar-refractivity contribution in [3.8, 4) is 0 Å². The maximum Gasteiger partial charge on any atom is 0.268 e. The number of carbonyl (C=O) groups excluding carboxylic acids is 1. The van der Waals surface area contributed by atoms with Gasteiger partial charge in [0.05, 0.1) is 39.9 Å². The van der Waals surface area contributed by atoms with Crippen molar-refractivity contribution in [1.82, 2.24) is 5.32 Å². The van der Waals surface area contributed by atoms with Crippen LogP contribution in [0.15, 0.2) is 122 Å². The molecule has 8 nitrogen and oxygen atoms in total. The molecule has 0 aliphatic carbocycles. The lowest BCUT2D eigenvalue weighted by Crippen LogP contribution is -2.45. The molecule has 0 aromatic rings. The Balaban J connectivity index is 4.35. The first kappa shape index (κ1) is 68.9. The van der Waals surface area contributed by atoms with Crippen molar-refractivity contribution >= 4 is 13.7 Å². The van der Waals surface area contributed by atoms with E-state index in [2.05, 4.69) is 129 Å². The highest BCUT2D eigenvalue weighted by Gasteiger charge is 2.23. The Labute approximate surface area is 444 Å². The molecule has 0 bridgehead atoms. The first-order valence-corrected chi connectivity index (χ1v) is 30.4. The number of likely N-dealkylation sites (N-methyl/N-ethyl adjacent to an activating group) is 1. The third-order valence-electron chi connectivity index (χ3n) is 12.1. The molecule has 3 unspecified atom stereocenters. The highest BCUT2D eigenvalue weighted by atomic mass is 31.2. The number of hydrogen-bond donors (Lipinski definition) is 2. The number of aliphatic hydroxyl groups is 1. The SMILES string of the molecule is CC/C=C\C/C=C\C/C=C\C/C=C\C/C=C\C/C=C\C/C=C\CCCCCCCCCC(=O)NC(COP(=O)([O-])OCC[N+](C)(C)C)C(O)/C=C/CC/C=C/CC/C=C/CCCCCCCCCCCCC. The number of phosphoric acid groups is 1. The summed E-state index contributed by atoms with van der Waals surface area (Å²) in [6.07, 6.45) is 78.4. The second-order valence-electron chi connectivity index (χ2n) is 20.2. The minimum atomic E-state index is -4.62.